The minimum atomic E-state index is -0.0902. The Kier molecular flexibility index (Phi) is 3.91. The van der Waals surface area contributed by atoms with Crippen LogP contribution in [-0.4, -0.2) is 24.5 Å². The van der Waals surface area contributed by atoms with Gasteiger partial charge in [-0.25, -0.2) is 4.98 Å². The summed E-state index contributed by atoms with van der Waals surface area (Å²) in [4.78, 5) is 15.4. The van der Waals surface area contributed by atoms with Crippen molar-refractivity contribution in [2.24, 2.45) is 0 Å². The molecular formula is C10H14N2O2. The van der Waals surface area contributed by atoms with Gasteiger partial charge in [0.1, 0.15) is 0 Å². The molecule has 14 heavy (non-hydrogen) atoms. The molecule has 76 valence electrons. The molecule has 0 aromatic carbocycles. The van der Waals surface area contributed by atoms with Gasteiger partial charge in [0, 0.05) is 24.4 Å². The molecule has 0 aliphatic heterocycles. The van der Waals surface area contributed by atoms with Crippen LogP contribution >= 0.6 is 0 Å². The maximum Gasteiger partial charge on any atom is 0.251 e. The summed E-state index contributed by atoms with van der Waals surface area (Å²) in [6.45, 7) is 2.69. The number of carbonyl (C=O) groups is 1. The average molecular weight is 194 g/mol. The smallest absolute Gasteiger partial charge is 0.251 e. The van der Waals surface area contributed by atoms with Crippen molar-refractivity contribution in [1.29, 1.82) is 0 Å². The number of aromatic nitrogens is 1. The van der Waals surface area contributed by atoms with Gasteiger partial charge < -0.3 is 10.1 Å². The molecule has 0 bridgehead atoms. The first-order valence-electron chi connectivity index (χ1n) is 4.56. The van der Waals surface area contributed by atoms with E-state index in [2.05, 4.69) is 10.3 Å². The third-order valence-electron chi connectivity index (χ3n) is 1.74. The summed E-state index contributed by atoms with van der Waals surface area (Å²) >= 11 is 0. The molecule has 0 unspecified atom stereocenters. The molecule has 1 N–H and O–H groups in total. The molecule has 1 aromatic heterocycles. The van der Waals surface area contributed by atoms with E-state index in [1.807, 2.05) is 6.92 Å². The van der Waals surface area contributed by atoms with Gasteiger partial charge >= 0.3 is 0 Å². The van der Waals surface area contributed by atoms with E-state index in [1.165, 1.54) is 7.11 Å². The molecule has 1 amide bonds. The normalized spacial score (nSPS) is 9.57. The van der Waals surface area contributed by atoms with E-state index in [4.69, 9.17) is 4.74 Å². The molecule has 0 saturated carbocycles. The molecule has 4 nitrogen and oxygen atoms in total. The second-order valence-corrected chi connectivity index (χ2v) is 2.84. The van der Waals surface area contributed by atoms with Crippen molar-refractivity contribution in [2.75, 3.05) is 13.7 Å². The van der Waals surface area contributed by atoms with Gasteiger partial charge in [0.25, 0.3) is 5.91 Å². The van der Waals surface area contributed by atoms with Crippen molar-refractivity contribution < 1.29 is 9.53 Å². The maximum atomic E-state index is 11.5. The Morgan fingerprint density at radius 3 is 3.07 bits per heavy atom. The third kappa shape index (κ3) is 2.73. The summed E-state index contributed by atoms with van der Waals surface area (Å²) in [5.41, 5.74) is 0.574. The largest absolute Gasteiger partial charge is 0.481 e. The molecule has 0 aliphatic rings. The van der Waals surface area contributed by atoms with Crippen LogP contribution < -0.4 is 10.1 Å². The van der Waals surface area contributed by atoms with E-state index in [0.717, 1.165) is 6.42 Å². The predicted molar refractivity (Wildman–Crippen MR) is 53.4 cm³/mol. The zero-order valence-electron chi connectivity index (χ0n) is 8.41. The van der Waals surface area contributed by atoms with Gasteiger partial charge in [0.05, 0.1) is 7.11 Å². The van der Waals surface area contributed by atoms with Gasteiger partial charge in [0.15, 0.2) is 0 Å². The number of pyridine rings is 1. The Morgan fingerprint density at radius 1 is 1.64 bits per heavy atom. The minimum Gasteiger partial charge on any atom is -0.481 e. The summed E-state index contributed by atoms with van der Waals surface area (Å²) < 4.78 is 4.92. The highest BCUT2D eigenvalue weighted by Crippen LogP contribution is 2.07. The van der Waals surface area contributed by atoms with Crippen LogP contribution in [0.5, 0.6) is 5.88 Å². The number of amides is 1. The van der Waals surface area contributed by atoms with E-state index >= 15 is 0 Å². The standard InChI is InChI=1S/C10H14N2O2/c1-3-5-12-10(13)8-4-6-11-9(7-8)14-2/h4,6-7H,3,5H2,1-2H3,(H,12,13). The minimum absolute atomic E-state index is 0.0902. The van der Waals surface area contributed by atoms with Crippen LogP contribution in [0.1, 0.15) is 23.7 Å². The van der Waals surface area contributed by atoms with Crippen molar-refractivity contribution in [3.63, 3.8) is 0 Å². The number of methoxy groups -OCH3 is 1. The average Bonchev–Trinajstić information content (AvgIpc) is 2.26. The molecule has 0 spiro atoms. The predicted octanol–water partition coefficient (Wildman–Crippen LogP) is 1.23. The number of hydrogen-bond donors (Lipinski definition) is 1. The Balaban J connectivity index is 2.69. The molecule has 0 atom stereocenters. The second-order valence-electron chi connectivity index (χ2n) is 2.84. The Labute approximate surface area is 83.3 Å². The molecule has 0 fully saturated rings. The molecule has 0 saturated heterocycles. The topological polar surface area (TPSA) is 51.2 Å². The fourth-order valence-corrected chi connectivity index (χ4v) is 1.00. The van der Waals surface area contributed by atoms with Gasteiger partial charge in [0.2, 0.25) is 5.88 Å². The van der Waals surface area contributed by atoms with E-state index in [0.29, 0.717) is 18.0 Å². The summed E-state index contributed by atoms with van der Waals surface area (Å²) in [5.74, 6) is 0.363. The Hall–Kier alpha value is -1.58. The van der Waals surface area contributed by atoms with Crippen LogP contribution in [0, 0.1) is 0 Å². The van der Waals surface area contributed by atoms with Crippen LogP contribution in [0.15, 0.2) is 18.3 Å². The van der Waals surface area contributed by atoms with Crippen LogP contribution in [0.2, 0.25) is 0 Å². The fraction of sp³-hybridized carbons (Fsp3) is 0.400. The monoisotopic (exact) mass is 194 g/mol. The van der Waals surface area contributed by atoms with Gasteiger partial charge in [-0.05, 0) is 12.5 Å². The quantitative estimate of drug-likeness (QED) is 0.784. The van der Waals surface area contributed by atoms with Crippen molar-refractivity contribution >= 4 is 5.91 Å². The van der Waals surface area contributed by atoms with Crippen molar-refractivity contribution in [1.82, 2.24) is 10.3 Å². The van der Waals surface area contributed by atoms with Crippen molar-refractivity contribution in [2.45, 2.75) is 13.3 Å². The van der Waals surface area contributed by atoms with Gasteiger partial charge in [-0.1, -0.05) is 6.92 Å². The lowest BCUT2D eigenvalue weighted by Gasteiger charge is -2.04. The lowest BCUT2D eigenvalue weighted by molar-refractivity contribution is 0.0953. The van der Waals surface area contributed by atoms with Crippen LogP contribution in [0.25, 0.3) is 0 Å². The summed E-state index contributed by atoms with van der Waals surface area (Å²) in [6.07, 6.45) is 2.48. The molecule has 1 aromatic rings. The van der Waals surface area contributed by atoms with Crippen molar-refractivity contribution in [3.8, 4) is 5.88 Å². The first kappa shape index (κ1) is 10.5. The van der Waals surface area contributed by atoms with E-state index < -0.39 is 0 Å². The van der Waals surface area contributed by atoms with Crippen LogP contribution in [0.3, 0.4) is 0 Å². The van der Waals surface area contributed by atoms with E-state index in [-0.39, 0.29) is 5.91 Å². The zero-order valence-corrected chi connectivity index (χ0v) is 8.41. The van der Waals surface area contributed by atoms with Crippen molar-refractivity contribution in [3.05, 3.63) is 23.9 Å². The lowest BCUT2D eigenvalue weighted by atomic mass is 10.2. The van der Waals surface area contributed by atoms with Crippen LogP contribution in [0.4, 0.5) is 0 Å². The Morgan fingerprint density at radius 2 is 2.43 bits per heavy atom. The maximum absolute atomic E-state index is 11.5. The SMILES string of the molecule is CCCNC(=O)c1ccnc(OC)c1. The number of ether oxygens (including phenoxy) is 1. The molecule has 4 heteroatoms. The third-order valence-corrected chi connectivity index (χ3v) is 1.74. The molecule has 0 aliphatic carbocycles. The van der Waals surface area contributed by atoms with E-state index in [9.17, 15) is 4.79 Å². The van der Waals surface area contributed by atoms with Gasteiger partial charge in [-0.2, -0.15) is 0 Å². The zero-order chi connectivity index (χ0) is 10.4. The number of rotatable bonds is 4. The van der Waals surface area contributed by atoms with Gasteiger partial charge in [-0.3, -0.25) is 4.79 Å². The number of nitrogens with one attached hydrogen (secondary N) is 1. The first-order valence-corrected chi connectivity index (χ1v) is 4.56. The number of hydrogen-bond acceptors (Lipinski definition) is 3. The van der Waals surface area contributed by atoms with Crippen LogP contribution in [-0.2, 0) is 0 Å². The first-order chi connectivity index (χ1) is 6.77. The highest BCUT2D eigenvalue weighted by Gasteiger charge is 2.05. The number of nitrogens with zero attached hydrogens (tertiary/aromatic N) is 1. The lowest BCUT2D eigenvalue weighted by Crippen LogP contribution is -2.23. The Bertz CT molecular complexity index is 313. The molecule has 1 rings (SSSR count). The second kappa shape index (κ2) is 5.21. The molecular weight excluding hydrogens is 180 g/mol. The fourth-order valence-electron chi connectivity index (χ4n) is 1.00. The number of carbonyl (C=O) groups excluding carboxylic acids is 1. The molecule has 0 radical (unpaired) electrons. The summed E-state index contributed by atoms with van der Waals surface area (Å²) in [6, 6.07) is 3.28. The highest BCUT2D eigenvalue weighted by atomic mass is 16.5. The van der Waals surface area contributed by atoms with Gasteiger partial charge in [-0.15, -0.1) is 0 Å². The summed E-state index contributed by atoms with van der Waals surface area (Å²) in [5, 5.41) is 2.78. The molecule has 1 heterocycles. The summed E-state index contributed by atoms with van der Waals surface area (Å²) in [7, 11) is 1.52. The van der Waals surface area contributed by atoms with E-state index in [1.54, 1.807) is 18.3 Å². The highest BCUT2D eigenvalue weighted by molar-refractivity contribution is 5.94.